The molecular weight excluding hydrogens is 336 g/mol. The summed E-state index contributed by atoms with van der Waals surface area (Å²) in [6.07, 6.45) is 0. The summed E-state index contributed by atoms with van der Waals surface area (Å²) >= 11 is 6.01. The Morgan fingerprint density at radius 2 is 1.36 bits per heavy atom. The van der Waals surface area contributed by atoms with Gasteiger partial charge < -0.3 is 9.47 Å². The Morgan fingerprint density at radius 1 is 0.760 bits per heavy atom. The zero-order valence-corrected chi connectivity index (χ0v) is 14.3. The number of rotatable bonds is 7. The number of carbonyl (C=O) groups is 1. The first-order valence-corrected chi connectivity index (χ1v) is 8.27. The third kappa shape index (κ3) is 4.85. The van der Waals surface area contributed by atoms with Crippen LogP contribution in [0.3, 0.4) is 0 Å². The summed E-state index contributed by atoms with van der Waals surface area (Å²) < 4.78 is 11.2. The van der Waals surface area contributed by atoms with Gasteiger partial charge in [-0.05, 0) is 42.0 Å². The number of hydrogen-bond acceptors (Lipinski definition) is 3. The monoisotopic (exact) mass is 352 g/mol. The summed E-state index contributed by atoms with van der Waals surface area (Å²) in [6.45, 7) is 0.444. The van der Waals surface area contributed by atoms with Crippen LogP contribution in [0.4, 0.5) is 0 Å². The van der Waals surface area contributed by atoms with Crippen molar-refractivity contribution < 1.29 is 14.3 Å². The minimum atomic E-state index is -0.157. The first-order valence-electron chi connectivity index (χ1n) is 7.90. The molecule has 0 spiro atoms. The lowest BCUT2D eigenvalue weighted by Crippen LogP contribution is -2.12. The maximum Gasteiger partial charge on any atom is 0.201 e. The molecule has 25 heavy (non-hydrogen) atoms. The van der Waals surface area contributed by atoms with Crippen LogP contribution >= 0.6 is 11.6 Å². The second kappa shape index (κ2) is 8.36. The third-order valence-electron chi connectivity index (χ3n) is 3.62. The summed E-state index contributed by atoms with van der Waals surface area (Å²) in [5, 5.41) is 0.431. The Kier molecular flexibility index (Phi) is 5.70. The molecule has 0 aliphatic rings. The van der Waals surface area contributed by atoms with E-state index >= 15 is 0 Å². The molecule has 0 aromatic heterocycles. The fourth-order valence-corrected chi connectivity index (χ4v) is 2.53. The van der Waals surface area contributed by atoms with E-state index in [9.17, 15) is 4.79 Å². The summed E-state index contributed by atoms with van der Waals surface area (Å²) in [7, 11) is 0. The van der Waals surface area contributed by atoms with Crippen molar-refractivity contribution in [2.75, 3.05) is 6.61 Å². The van der Waals surface area contributed by atoms with Gasteiger partial charge in [0.15, 0.2) is 6.61 Å². The molecule has 0 amide bonds. The molecule has 3 nitrogen and oxygen atoms in total. The average Bonchev–Trinajstić information content (AvgIpc) is 2.66. The summed E-state index contributed by atoms with van der Waals surface area (Å²) in [5.74, 6) is 1.19. The largest absolute Gasteiger partial charge is 0.489 e. The predicted octanol–water partition coefficient (Wildman–Crippen LogP) is 5.18. The molecule has 4 heteroatoms. The fraction of sp³-hybridized carbons (Fsp3) is 0.0952. The van der Waals surface area contributed by atoms with Crippen LogP contribution in [0.25, 0.3) is 0 Å². The normalized spacial score (nSPS) is 10.3. The van der Waals surface area contributed by atoms with Gasteiger partial charge in [0.25, 0.3) is 0 Å². The highest BCUT2D eigenvalue weighted by Gasteiger charge is 2.10. The molecule has 0 aliphatic heterocycles. The van der Waals surface area contributed by atoms with E-state index in [1.165, 1.54) is 0 Å². The topological polar surface area (TPSA) is 35.5 Å². The van der Waals surface area contributed by atoms with Crippen LogP contribution in [0.5, 0.6) is 11.5 Å². The predicted molar refractivity (Wildman–Crippen MR) is 98.5 cm³/mol. The summed E-state index contributed by atoms with van der Waals surface area (Å²) in [5.41, 5.74) is 1.57. The van der Waals surface area contributed by atoms with Gasteiger partial charge in [0.2, 0.25) is 5.78 Å². The van der Waals surface area contributed by atoms with Crippen LogP contribution in [0.15, 0.2) is 78.9 Å². The van der Waals surface area contributed by atoms with E-state index in [4.69, 9.17) is 21.1 Å². The Bertz CT molecular complexity index is 829. The van der Waals surface area contributed by atoms with E-state index in [-0.39, 0.29) is 12.4 Å². The molecule has 3 aromatic rings. The van der Waals surface area contributed by atoms with Gasteiger partial charge >= 0.3 is 0 Å². The Hall–Kier alpha value is -2.78. The second-order valence-corrected chi connectivity index (χ2v) is 5.84. The molecule has 0 unspecified atom stereocenters. The molecule has 0 saturated heterocycles. The molecule has 126 valence electrons. The standard InChI is InChI=1S/C21H17ClO3/c22-20-9-5-4-8-19(20)21(23)15-25-18-12-10-17(11-13-18)24-14-16-6-2-1-3-7-16/h1-13H,14-15H2. The van der Waals surface area contributed by atoms with Gasteiger partial charge in [0, 0.05) is 5.56 Å². The van der Waals surface area contributed by atoms with E-state index in [1.807, 2.05) is 42.5 Å². The van der Waals surface area contributed by atoms with Crippen LogP contribution in [0.1, 0.15) is 15.9 Å². The number of benzene rings is 3. The van der Waals surface area contributed by atoms with Crippen molar-refractivity contribution in [3.63, 3.8) is 0 Å². The quantitative estimate of drug-likeness (QED) is 0.549. The van der Waals surface area contributed by atoms with E-state index in [0.717, 1.165) is 11.3 Å². The molecule has 0 aliphatic carbocycles. The van der Waals surface area contributed by atoms with E-state index in [1.54, 1.807) is 36.4 Å². The zero-order valence-electron chi connectivity index (χ0n) is 13.5. The molecule has 0 atom stereocenters. The highest BCUT2D eigenvalue weighted by molar-refractivity contribution is 6.34. The highest BCUT2D eigenvalue weighted by atomic mass is 35.5. The lowest BCUT2D eigenvalue weighted by atomic mass is 10.1. The maximum absolute atomic E-state index is 12.1. The lowest BCUT2D eigenvalue weighted by Gasteiger charge is -2.09. The van der Waals surface area contributed by atoms with Crippen LogP contribution in [-0.4, -0.2) is 12.4 Å². The van der Waals surface area contributed by atoms with Crippen LogP contribution < -0.4 is 9.47 Å². The van der Waals surface area contributed by atoms with Gasteiger partial charge in [-0.1, -0.05) is 54.1 Å². The van der Waals surface area contributed by atoms with Crippen molar-refractivity contribution in [3.05, 3.63) is 95.0 Å². The van der Waals surface area contributed by atoms with Gasteiger partial charge in [0.05, 0.1) is 5.02 Å². The smallest absolute Gasteiger partial charge is 0.201 e. The first-order chi connectivity index (χ1) is 12.2. The van der Waals surface area contributed by atoms with Crippen molar-refractivity contribution in [1.29, 1.82) is 0 Å². The molecule has 0 N–H and O–H groups in total. The molecule has 3 rings (SSSR count). The molecule has 3 aromatic carbocycles. The Labute approximate surface area is 151 Å². The Balaban J connectivity index is 1.52. The van der Waals surface area contributed by atoms with Gasteiger partial charge in [-0.2, -0.15) is 0 Å². The molecular formula is C21H17ClO3. The minimum absolute atomic E-state index is 0.0616. The number of halogens is 1. The van der Waals surface area contributed by atoms with Crippen LogP contribution in [0.2, 0.25) is 5.02 Å². The Morgan fingerprint density at radius 3 is 2.04 bits per heavy atom. The fourth-order valence-electron chi connectivity index (χ4n) is 2.29. The minimum Gasteiger partial charge on any atom is -0.489 e. The van der Waals surface area contributed by atoms with E-state index < -0.39 is 0 Å². The average molecular weight is 353 g/mol. The molecule has 0 saturated carbocycles. The maximum atomic E-state index is 12.1. The van der Waals surface area contributed by atoms with Gasteiger partial charge in [-0.3, -0.25) is 4.79 Å². The number of hydrogen-bond donors (Lipinski definition) is 0. The van der Waals surface area contributed by atoms with Crippen molar-refractivity contribution in [2.24, 2.45) is 0 Å². The van der Waals surface area contributed by atoms with Crippen molar-refractivity contribution in [2.45, 2.75) is 6.61 Å². The molecule has 0 heterocycles. The van der Waals surface area contributed by atoms with Gasteiger partial charge in [-0.25, -0.2) is 0 Å². The number of Topliss-reactive ketones (excluding diaryl/α,β-unsaturated/α-hetero) is 1. The number of ether oxygens (including phenoxy) is 2. The van der Waals surface area contributed by atoms with Crippen molar-refractivity contribution >= 4 is 17.4 Å². The van der Waals surface area contributed by atoms with Crippen molar-refractivity contribution in [3.8, 4) is 11.5 Å². The molecule has 0 bridgehead atoms. The SMILES string of the molecule is O=C(COc1ccc(OCc2ccccc2)cc1)c1ccccc1Cl. The molecule has 0 radical (unpaired) electrons. The van der Waals surface area contributed by atoms with Crippen LogP contribution in [-0.2, 0) is 6.61 Å². The van der Waals surface area contributed by atoms with E-state index in [0.29, 0.717) is 22.9 Å². The van der Waals surface area contributed by atoms with E-state index in [2.05, 4.69) is 0 Å². The van der Waals surface area contributed by atoms with Crippen molar-refractivity contribution in [1.82, 2.24) is 0 Å². The second-order valence-electron chi connectivity index (χ2n) is 5.44. The molecule has 0 fully saturated rings. The van der Waals surface area contributed by atoms with Crippen LogP contribution in [0, 0.1) is 0 Å². The first kappa shape index (κ1) is 17.1. The third-order valence-corrected chi connectivity index (χ3v) is 3.95. The van der Waals surface area contributed by atoms with Gasteiger partial charge in [0.1, 0.15) is 18.1 Å². The van der Waals surface area contributed by atoms with Gasteiger partial charge in [-0.15, -0.1) is 0 Å². The summed E-state index contributed by atoms with van der Waals surface area (Å²) in [4.78, 5) is 12.1. The summed E-state index contributed by atoms with van der Waals surface area (Å²) in [6, 6.07) is 24.1. The highest BCUT2D eigenvalue weighted by Crippen LogP contribution is 2.20. The number of carbonyl (C=O) groups excluding carboxylic acids is 1. The lowest BCUT2D eigenvalue weighted by molar-refractivity contribution is 0.0921. The zero-order chi connectivity index (χ0) is 17.5. The number of ketones is 1.